The number of sulfone groups is 1. The molecule has 0 saturated heterocycles. The molecular weight excluding hydrogens is 498 g/mol. The Bertz CT molecular complexity index is 1530. The molecule has 2 N–H and O–H groups in total. The second kappa shape index (κ2) is 7.83. The summed E-state index contributed by atoms with van der Waals surface area (Å²) in [5.74, 6) is -1.65. The Morgan fingerprint density at radius 2 is 2.00 bits per heavy atom. The van der Waals surface area contributed by atoms with E-state index in [-0.39, 0.29) is 42.1 Å². The van der Waals surface area contributed by atoms with Crippen LogP contribution in [0.25, 0.3) is 5.65 Å². The Kier molecular flexibility index (Phi) is 5.34. The minimum absolute atomic E-state index is 0.0128. The summed E-state index contributed by atoms with van der Waals surface area (Å²) in [7, 11) is -3.90. The molecule has 0 amide bonds. The number of ketones is 1. The molecule has 1 saturated carbocycles. The number of carbonyl (C=O) groups is 1. The van der Waals surface area contributed by atoms with Crippen LogP contribution in [-0.4, -0.2) is 46.1 Å². The Labute approximate surface area is 205 Å². The molecule has 184 valence electrons. The zero-order valence-electron chi connectivity index (χ0n) is 19.1. The molecule has 3 heterocycles. The molecular formula is C24H23ClF2N4O3S. The van der Waals surface area contributed by atoms with Crippen molar-refractivity contribution in [1.82, 2.24) is 9.38 Å². The molecule has 5 rings (SSSR count). The summed E-state index contributed by atoms with van der Waals surface area (Å²) >= 11 is 6.05. The summed E-state index contributed by atoms with van der Waals surface area (Å²) in [4.78, 5) is 21.8. The van der Waals surface area contributed by atoms with Crippen molar-refractivity contribution in [3.05, 3.63) is 69.9 Å². The Morgan fingerprint density at radius 3 is 2.66 bits per heavy atom. The highest BCUT2D eigenvalue weighted by atomic mass is 35.5. The van der Waals surface area contributed by atoms with Crippen molar-refractivity contribution in [3.8, 4) is 0 Å². The summed E-state index contributed by atoms with van der Waals surface area (Å²) in [6.07, 6.45) is -0.143. The molecule has 1 atom stereocenters. The van der Waals surface area contributed by atoms with Crippen molar-refractivity contribution < 1.29 is 22.0 Å². The molecule has 1 aliphatic carbocycles. The third-order valence-electron chi connectivity index (χ3n) is 7.06. The number of nitrogens with two attached hydrogens (primary N) is 1. The van der Waals surface area contributed by atoms with Crippen molar-refractivity contribution in [3.63, 3.8) is 0 Å². The van der Waals surface area contributed by atoms with Crippen LogP contribution < -0.4 is 5.73 Å². The van der Waals surface area contributed by atoms with Crippen LogP contribution in [0.4, 0.5) is 8.78 Å². The van der Waals surface area contributed by atoms with Crippen molar-refractivity contribution in [2.45, 2.75) is 49.6 Å². The van der Waals surface area contributed by atoms with Gasteiger partial charge in [-0.25, -0.2) is 22.2 Å². The first-order valence-corrected chi connectivity index (χ1v) is 13.1. The molecule has 0 unspecified atom stereocenters. The van der Waals surface area contributed by atoms with Gasteiger partial charge in [0.05, 0.1) is 16.5 Å². The molecule has 11 heteroatoms. The highest BCUT2D eigenvalue weighted by molar-refractivity contribution is 7.93. The van der Waals surface area contributed by atoms with Gasteiger partial charge in [-0.2, -0.15) is 0 Å². The minimum atomic E-state index is -3.90. The number of aliphatic imine (C=N–C) groups is 1. The van der Waals surface area contributed by atoms with Crippen LogP contribution in [0.3, 0.4) is 0 Å². The van der Waals surface area contributed by atoms with Crippen molar-refractivity contribution in [1.29, 1.82) is 0 Å². The maximum Gasteiger partial charge on any atom is 0.187 e. The standard InChI is InChI=1S/C24H23ClF2N4O3S/c1-13-21(29-20-6-4-15(25)11-31(13)20)19(32)8-14-3-5-18(27)17(7-14)23(2)12-35(33,34)24(22(28)30-23)9-16(26)10-24/h3-7,11,16H,8-10,12H2,1-2H3,(H2,28,30)/t16?,23-,24?/m0/s1. The van der Waals surface area contributed by atoms with Crippen molar-refractivity contribution >= 4 is 38.7 Å². The van der Waals surface area contributed by atoms with Crippen LogP contribution in [0.5, 0.6) is 0 Å². The smallest absolute Gasteiger partial charge is 0.187 e. The number of fused-ring (bicyclic) bond motifs is 1. The second-order valence-electron chi connectivity index (χ2n) is 9.57. The summed E-state index contributed by atoms with van der Waals surface area (Å²) in [6.45, 7) is 3.24. The second-order valence-corrected chi connectivity index (χ2v) is 12.3. The van der Waals surface area contributed by atoms with Crippen molar-refractivity contribution in [2.75, 3.05) is 5.75 Å². The van der Waals surface area contributed by atoms with E-state index in [0.29, 0.717) is 21.9 Å². The quantitative estimate of drug-likeness (QED) is 0.527. The topological polar surface area (TPSA) is 107 Å². The highest BCUT2D eigenvalue weighted by Crippen LogP contribution is 2.48. The van der Waals surface area contributed by atoms with Crippen LogP contribution >= 0.6 is 11.6 Å². The van der Waals surface area contributed by atoms with Gasteiger partial charge in [0.15, 0.2) is 15.6 Å². The predicted octanol–water partition coefficient (Wildman–Crippen LogP) is 3.73. The molecule has 35 heavy (non-hydrogen) atoms. The van der Waals surface area contributed by atoms with E-state index in [0.717, 1.165) is 0 Å². The number of pyridine rings is 1. The fourth-order valence-electron chi connectivity index (χ4n) is 5.09. The maximum absolute atomic E-state index is 15.0. The van der Waals surface area contributed by atoms with Gasteiger partial charge in [-0.15, -0.1) is 0 Å². The lowest BCUT2D eigenvalue weighted by Gasteiger charge is -2.48. The van der Waals surface area contributed by atoms with E-state index in [9.17, 15) is 22.0 Å². The van der Waals surface area contributed by atoms with E-state index < -0.39 is 37.9 Å². The number of benzene rings is 1. The van der Waals surface area contributed by atoms with E-state index in [1.54, 1.807) is 29.7 Å². The first-order valence-electron chi connectivity index (χ1n) is 11.0. The van der Waals surface area contributed by atoms with Gasteiger partial charge in [0.2, 0.25) is 0 Å². The number of halogens is 3. The fourth-order valence-corrected chi connectivity index (χ4v) is 7.72. The number of hydrogen-bond acceptors (Lipinski definition) is 6. The molecule has 2 aromatic heterocycles. The predicted molar refractivity (Wildman–Crippen MR) is 129 cm³/mol. The highest BCUT2D eigenvalue weighted by Gasteiger charge is 2.61. The summed E-state index contributed by atoms with van der Waals surface area (Å²) in [5, 5.41) is 0.501. The van der Waals surface area contributed by atoms with E-state index in [1.807, 2.05) is 0 Å². The number of aryl methyl sites for hydroxylation is 1. The van der Waals surface area contributed by atoms with Crippen LogP contribution in [0.1, 0.15) is 47.1 Å². The van der Waals surface area contributed by atoms with Gasteiger partial charge in [0.1, 0.15) is 39.5 Å². The van der Waals surface area contributed by atoms with Gasteiger partial charge in [0.25, 0.3) is 0 Å². The van der Waals surface area contributed by atoms with E-state index in [1.165, 1.54) is 25.1 Å². The summed E-state index contributed by atoms with van der Waals surface area (Å²) in [6, 6.07) is 7.47. The third-order valence-corrected chi connectivity index (χ3v) is 9.96. The molecule has 7 nitrogen and oxygen atoms in total. The molecule has 3 aromatic rings. The lowest BCUT2D eigenvalue weighted by atomic mass is 9.80. The summed E-state index contributed by atoms with van der Waals surface area (Å²) < 4.78 is 55.0. The molecule has 1 aromatic carbocycles. The largest absolute Gasteiger partial charge is 0.386 e. The third kappa shape index (κ3) is 3.65. The number of Topliss-reactive ketones (excluding diaryl/α,β-unsaturated/α-hetero) is 1. The van der Waals surface area contributed by atoms with Crippen LogP contribution in [0.15, 0.2) is 41.5 Å². The van der Waals surface area contributed by atoms with E-state index >= 15 is 0 Å². The van der Waals surface area contributed by atoms with E-state index in [2.05, 4.69) is 9.98 Å². The first kappa shape index (κ1) is 23.9. The van der Waals surface area contributed by atoms with E-state index in [4.69, 9.17) is 17.3 Å². The number of amidine groups is 1. The number of alkyl halides is 1. The van der Waals surface area contributed by atoms with Gasteiger partial charge < -0.3 is 10.1 Å². The van der Waals surface area contributed by atoms with Crippen LogP contribution in [-0.2, 0) is 21.8 Å². The van der Waals surface area contributed by atoms with Crippen molar-refractivity contribution in [2.24, 2.45) is 10.7 Å². The van der Waals surface area contributed by atoms with Crippen LogP contribution in [0.2, 0.25) is 5.02 Å². The first-order chi connectivity index (χ1) is 16.3. The number of imidazole rings is 1. The van der Waals surface area contributed by atoms with Gasteiger partial charge in [-0.05, 0) is 43.7 Å². The number of nitrogens with zero attached hydrogens (tertiary/aromatic N) is 3. The molecule has 1 spiro atoms. The normalized spacial score (nSPS) is 27.6. The molecule has 1 fully saturated rings. The Balaban J connectivity index is 1.49. The molecule has 1 aliphatic heterocycles. The number of hydrogen-bond donors (Lipinski definition) is 1. The zero-order chi connectivity index (χ0) is 25.3. The SMILES string of the molecule is Cc1c(C(=O)Cc2ccc(F)c([C@]3(C)CS(=O)(=O)C4(CC(F)C4)C(N)=N3)c2)nc2ccc(Cl)cn12. The zero-order valence-corrected chi connectivity index (χ0v) is 20.6. The van der Waals surface area contributed by atoms with Gasteiger partial charge >= 0.3 is 0 Å². The summed E-state index contributed by atoms with van der Waals surface area (Å²) in [5.41, 5.74) is 6.48. The minimum Gasteiger partial charge on any atom is -0.386 e. The molecule has 2 aliphatic rings. The fraction of sp³-hybridized carbons (Fsp3) is 0.375. The lowest BCUT2D eigenvalue weighted by molar-refractivity contribution is 0.0988. The lowest BCUT2D eigenvalue weighted by Crippen LogP contribution is -2.65. The number of aromatic nitrogens is 2. The number of rotatable bonds is 4. The molecule has 0 radical (unpaired) electrons. The van der Waals surface area contributed by atoms with Gasteiger partial charge in [-0.3, -0.25) is 9.79 Å². The monoisotopic (exact) mass is 520 g/mol. The van der Waals surface area contributed by atoms with Crippen LogP contribution in [0, 0.1) is 12.7 Å². The maximum atomic E-state index is 15.0. The Morgan fingerprint density at radius 1 is 1.29 bits per heavy atom. The van der Waals surface area contributed by atoms with Gasteiger partial charge in [0, 0.05) is 31.0 Å². The molecule has 0 bridgehead atoms. The Hall–Kier alpha value is -2.85. The number of carbonyl (C=O) groups excluding carboxylic acids is 1. The average Bonchev–Trinajstić information content (AvgIpc) is 3.07. The average molecular weight is 521 g/mol. The van der Waals surface area contributed by atoms with Gasteiger partial charge in [-0.1, -0.05) is 17.7 Å².